The van der Waals surface area contributed by atoms with Gasteiger partial charge in [0.15, 0.2) is 5.65 Å². The molecule has 5 heteroatoms. The lowest BCUT2D eigenvalue weighted by atomic mass is 10.2. The fourth-order valence-electron chi connectivity index (χ4n) is 1.55. The summed E-state index contributed by atoms with van der Waals surface area (Å²) >= 11 is 6.08. The van der Waals surface area contributed by atoms with Crippen LogP contribution in [0.4, 0.5) is 0 Å². The number of halogens is 1. The molecule has 0 aliphatic rings. The number of rotatable bonds is 2. The Kier molecular flexibility index (Phi) is 2.80. The van der Waals surface area contributed by atoms with E-state index in [1.54, 1.807) is 6.20 Å². The van der Waals surface area contributed by atoms with Crippen LogP contribution in [0.25, 0.3) is 11.0 Å². The van der Waals surface area contributed by atoms with Crippen LogP contribution in [0.1, 0.15) is 19.4 Å². The lowest BCUT2D eigenvalue weighted by Gasteiger charge is -2.05. The van der Waals surface area contributed by atoms with Gasteiger partial charge in [-0.15, -0.1) is 0 Å². The Bertz CT molecular complexity index is 565. The molecule has 0 aliphatic heterocycles. The molecule has 0 N–H and O–H groups in total. The minimum absolute atomic E-state index is 0.387. The third-order valence-corrected chi connectivity index (χ3v) is 2.67. The number of pyridine rings is 1. The molecule has 0 spiro atoms. The summed E-state index contributed by atoms with van der Waals surface area (Å²) in [7, 11) is 0. The van der Waals surface area contributed by atoms with Gasteiger partial charge in [-0.2, -0.15) is 10.4 Å². The molecule has 0 atom stereocenters. The first-order chi connectivity index (χ1) is 7.63. The van der Waals surface area contributed by atoms with E-state index in [4.69, 9.17) is 16.9 Å². The summed E-state index contributed by atoms with van der Waals surface area (Å²) in [6.07, 6.45) is 3.15. The topological polar surface area (TPSA) is 54.5 Å². The van der Waals surface area contributed by atoms with Gasteiger partial charge in [0, 0.05) is 12.7 Å². The maximum Gasteiger partial charge on any atom is 0.159 e. The summed E-state index contributed by atoms with van der Waals surface area (Å²) in [5.74, 6) is 0.485. The average Bonchev–Trinajstić information content (AvgIpc) is 2.62. The van der Waals surface area contributed by atoms with Crippen molar-refractivity contribution >= 4 is 22.6 Å². The minimum Gasteiger partial charge on any atom is -0.247 e. The Labute approximate surface area is 98.5 Å². The Morgan fingerprint density at radius 3 is 2.88 bits per heavy atom. The van der Waals surface area contributed by atoms with E-state index in [0.29, 0.717) is 16.5 Å². The summed E-state index contributed by atoms with van der Waals surface area (Å²) in [4.78, 5) is 4.22. The first-order valence-electron chi connectivity index (χ1n) is 5.03. The van der Waals surface area contributed by atoms with Crippen molar-refractivity contribution in [3.8, 4) is 6.07 Å². The number of aromatic nitrogens is 3. The molecule has 2 rings (SSSR count). The van der Waals surface area contributed by atoms with Gasteiger partial charge in [0.05, 0.1) is 22.2 Å². The van der Waals surface area contributed by atoms with Crippen molar-refractivity contribution < 1.29 is 0 Å². The van der Waals surface area contributed by atoms with Crippen LogP contribution in [-0.2, 0) is 6.54 Å². The molecule has 0 saturated carbocycles. The third kappa shape index (κ3) is 1.74. The summed E-state index contributed by atoms with van der Waals surface area (Å²) < 4.78 is 1.81. The summed E-state index contributed by atoms with van der Waals surface area (Å²) in [5, 5.41) is 14.2. The first kappa shape index (κ1) is 10.9. The van der Waals surface area contributed by atoms with E-state index in [0.717, 1.165) is 17.6 Å². The fraction of sp³-hybridized carbons (Fsp3) is 0.364. The monoisotopic (exact) mass is 234 g/mol. The SMILES string of the molecule is CC(C)Cn1ncc2c(Cl)c(C#N)cnc21. The van der Waals surface area contributed by atoms with E-state index >= 15 is 0 Å². The van der Waals surface area contributed by atoms with E-state index in [1.807, 2.05) is 10.8 Å². The quantitative estimate of drug-likeness (QED) is 0.803. The second-order valence-electron chi connectivity index (χ2n) is 4.06. The molecular formula is C11H11ClN4. The Balaban J connectivity index is 2.59. The third-order valence-electron chi connectivity index (χ3n) is 2.26. The van der Waals surface area contributed by atoms with Crippen LogP contribution in [0.15, 0.2) is 12.4 Å². The number of nitriles is 1. The molecule has 0 aliphatic carbocycles. The van der Waals surface area contributed by atoms with Crippen LogP contribution in [0.2, 0.25) is 5.02 Å². The van der Waals surface area contributed by atoms with Gasteiger partial charge in [-0.3, -0.25) is 0 Å². The largest absolute Gasteiger partial charge is 0.247 e. The Hall–Kier alpha value is -1.60. The van der Waals surface area contributed by atoms with Crippen molar-refractivity contribution in [3.05, 3.63) is 23.0 Å². The highest BCUT2D eigenvalue weighted by molar-refractivity contribution is 6.36. The zero-order valence-corrected chi connectivity index (χ0v) is 9.86. The molecule has 0 fully saturated rings. The van der Waals surface area contributed by atoms with Crippen LogP contribution in [-0.4, -0.2) is 14.8 Å². The standard InChI is InChI=1S/C11H11ClN4/c1-7(2)6-16-11-9(5-15-16)10(12)8(3-13)4-14-11/h4-5,7H,6H2,1-2H3. The first-order valence-corrected chi connectivity index (χ1v) is 5.41. The maximum atomic E-state index is 8.83. The van der Waals surface area contributed by atoms with Crippen molar-refractivity contribution in [3.63, 3.8) is 0 Å². The van der Waals surface area contributed by atoms with Crippen LogP contribution in [0.3, 0.4) is 0 Å². The molecule has 2 aromatic rings. The minimum atomic E-state index is 0.387. The van der Waals surface area contributed by atoms with Gasteiger partial charge in [-0.1, -0.05) is 25.4 Å². The molecule has 4 nitrogen and oxygen atoms in total. The van der Waals surface area contributed by atoms with Gasteiger partial charge < -0.3 is 0 Å². The van der Waals surface area contributed by atoms with Gasteiger partial charge in [0.1, 0.15) is 6.07 Å². The highest BCUT2D eigenvalue weighted by Gasteiger charge is 2.11. The van der Waals surface area contributed by atoms with E-state index < -0.39 is 0 Å². The molecule has 16 heavy (non-hydrogen) atoms. The summed E-state index contributed by atoms with van der Waals surface area (Å²) in [5.41, 5.74) is 1.12. The lowest BCUT2D eigenvalue weighted by Crippen LogP contribution is -2.06. The predicted molar refractivity (Wildman–Crippen MR) is 62.1 cm³/mol. The normalized spacial score (nSPS) is 10.9. The van der Waals surface area contributed by atoms with E-state index in [1.165, 1.54) is 6.20 Å². The predicted octanol–water partition coefficient (Wildman–Crippen LogP) is 2.61. The van der Waals surface area contributed by atoms with Gasteiger partial charge in [-0.05, 0) is 5.92 Å². The number of hydrogen-bond acceptors (Lipinski definition) is 3. The highest BCUT2D eigenvalue weighted by atomic mass is 35.5. The zero-order valence-electron chi connectivity index (χ0n) is 9.11. The van der Waals surface area contributed by atoms with Crippen LogP contribution in [0.5, 0.6) is 0 Å². The van der Waals surface area contributed by atoms with Crippen molar-refractivity contribution in [2.24, 2.45) is 5.92 Å². The van der Waals surface area contributed by atoms with Gasteiger partial charge >= 0.3 is 0 Å². The molecule has 82 valence electrons. The fourth-order valence-corrected chi connectivity index (χ4v) is 1.78. The van der Waals surface area contributed by atoms with E-state index in [-0.39, 0.29) is 0 Å². The summed E-state index contributed by atoms with van der Waals surface area (Å²) in [6.45, 7) is 5.01. The van der Waals surface area contributed by atoms with E-state index in [2.05, 4.69) is 23.9 Å². The van der Waals surface area contributed by atoms with E-state index in [9.17, 15) is 0 Å². The molecule has 0 unspecified atom stereocenters. The van der Waals surface area contributed by atoms with Crippen LogP contribution in [0, 0.1) is 17.2 Å². The van der Waals surface area contributed by atoms with Crippen molar-refractivity contribution in [2.45, 2.75) is 20.4 Å². The second-order valence-corrected chi connectivity index (χ2v) is 4.43. The van der Waals surface area contributed by atoms with Crippen LogP contribution < -0.4 is 0 Å². The number of hydrogen-bond donors (Lipinski definition) is 0. The van der Waals surface area contributed by atoms with Gasteiger partial charge in [0.2, 0.25) is 0 Å². The number of fused-ring (bicyclic) bond motifs is 1. The van der Waals surface area contributed by atoms with Gasteiger partial charge in [0.25, 0.3) is 0 Å². The summed E-state index contributed by atoms with van der Waals surface area (Å²) in [6, 6.07) is 2.01. The molecule has 2 heterocycles. The second kappa shape index (κ2) is 4.11. The van der Waals surface area contributed by atoms with Crippen LogP contribution >= 0.6 is 11.6 Å². The van der Waals surface area contributed by atoms with Crippen molar-refractivity contribution in [1.29, 1.82) is 5.26 Å². The molecule has 2 aromatic heterocycles. The molecule has 0 amide bonds. The number of nitrogens with zero attached hydrogens (tertiary/aromatic N) is 4. The molecular weight excluding hydrogens is 224 g/mol. The van der Waals surface area contributed by atoms with Gasteiger partial charge in [-0.25, -0.2) is 9.67 Å². The lowest BCUT2D eigenvalue weighted by molar-refractivity contribution is 0.492. The molecule has 0 bridgehead atoms. The molecule has 0 saturated heterocycles. The zero-order chi connectivity index (χ0) is 11.7. The average molecular weight is 235 g/mol. The van der Waals surface area contributed by atoms with Crippen molar-refractivity contribution in [2.75, 3.05) is 0 Å². The maximum absolute atomic E-state index is 8.83. The highest BCUT2D eigenvalue weighted by Crippen LogP contribution is 2.25. The smallest absolute Gasteiger partial charge is 0.159 e. The van der Waals surface area contributed by atoms with Crippen molar-refractivity contribution in [1.82, 2.24) is 14.8 Å². The Morgan fingerprint density at radius 1 is 1.50 bits per heavy atom. The molecule has 0 radical (unpaired) electrons. The molecule has 0 aromatic carbocycles. The Morgan fingerprint density at radius 2 is 2.25 bits per heavy atom.